The maximum Gasteiger partial charge on any atom is 0.128 e. The van der Waals surface area contributed by atoms with Crippen molar-refractivity contribution in [3.63, 3.8) is 0 Å². The van der Waals surface area contributed by atoms with Crippen LogP contribution in [-0.4, -0.2) is 14.2 Å². The van der Waals surface area contributed by atoms with Gasteiger partial charge in [-0.25, -0.2) is 0 Å². The lowest BCUT2D eigenvalue weighted by Gasteiger charge is -2.22. The molecular weight excluding hydrogens is 171 g/mol. The minimum Gasteiger partial charge on any atom is -0.176 e. The van der Waals surface area contributed by atoms with Crippen LogP contribution in [0, 0.1) is 0 Å². The summed E-state index contributed by atoms with van der Waals surface area (Å²) in [4.78, 5) is 0. The minimum atomic E-state index is -0.276. The van der Waals surface area contributed by atoms with Crippen molar-refractivity contribution in [2.45, 2.75) is 36.6 Å². The fraction of sp³-hybridized carbons (Fsp3) is 1.00. The average molecular weight is 183 g/mol. The number of hydrogen-bond acceptors (Lipinski definition) is 0. The first kappa shape index (κ1) is 7.90. The van der Waals surface area contributed by atoms with Crippen molar-refractivity contribution in [1.82, 2.24) is 0 Å². The molecule has 1 rings (SSSR count). The van der Waals surface area contributed by atoms with Crippen LogP contribution in [0.3, 0.4) is 0 Å². The zero-order valence-electron chi connectivity index (χ0n) is 5.45. The first-order valence-electron chi connectivity index (χ1n) is 3.53. The molecule has 2 unspecified atom stereocenters. The monoisotopic (exact) mass is 182 g/mol. The molecule has 1 aliphatic rings. The first-order valence-corrected chi connectivity index (χ1v) is 6.92. The normalized spacial score (nSPS) is 38.0. The molecule has 2 atom stereocenters. The second kappa shape index (κ2) is 3.84. The Labute approximate surface area is 68.4 Å². The Balaban J connectivity index is 2.23. The van der Waals surface area contributed by atoms with E-state index in [4.69, 9.17) is 22.7 Å². The molecule has 9 heavy (non-hydrogen) atoms. The first-order chi connectivity index (χ1) is 4.33. The van der Waals surface area contributed by atoms with Gasteiger partial charge in [0.2, 0.25) is 0 Å². The molecule has 0 nitrogen and oxygen atoms in total. The topological polar surface area (TPSA) is 0 Å². The third-order valence-electron chi connectivity index (χ3n) is 1.94. The molecule has 0 N–H and O–H groups in total. The fourth-order valence-electron chi connectivity index (χ4n) is 1.37. The van der Waals surface area contributed by atoms with E-state index in [9.17, 15) is 0 Å². The van der Waals surface area contributed by atoms with Crippen molar-refractivity contribution in [2.24, 2.45) is 0 Å². The summed E-state index contributed by atoms with van der Waals surface area (Å²) < 4.78 is 0. The van der Waals surface area contributed by atoms with Crippen LogP contribution in [0.25, 0.3) is 0 Å². The van der Waals surface area contributed by atoms with Gasteiger partial charge in [0.05, 0.1) is 0 Å². The predicted molar refractivity (Wildman–Crippen MR) is 46.3 cm³/mol. The van der Waals surface area contributed by atoms with E-state index in [0.29, 0.717) is 5.38 Å². The smallest absolute Gasteiger partial charge is 0.128 e. The van der Waals surface area contributed by atoms with E-state index in [0.717, 1.165) is 5.54 Å². The zero-order valence-corrected chi connectivity index (χ0v) is 8.37. The summed E-state index contributed by atoms with van der Waals surface area (Å²) in [6, 6.07) is 0. The Morgan fingerprint density at radius 1 is 1.33 bits per heavy atom. The van der Waals surface area contributed by atoms with Crippen molar-refractivity contribution >= 4 is 31.5 Å². The Bertz CT molecular complexity index is 87.1. The van der Waals surface area contributed by atoms with Gasteiger partial charge >= 0.3 is 0 Å². The summed E-state index contributed by atoms with van der Waals surface area (Å²) in [7, 11) is -0.276. The van der Waals surface area contributed by atoms with Crippen molar-refractivity contribution in [3.8, 4) is 0 Å². The van der Waals surface area contributed by atoms with Crippen molar-refractivity contribution < 1.29 is 0 Å². The molecule has 0 aromatic rings. The van der Waals surface area contributed by atoms with E-state index >= 15 is 0 Å². The van der Waals surface area contributed by atoms with Crippen LogP contribution in [0.4, 0.5) is 0 Å². The molecule has 54 valence electrons. The van der Waals surface area contributed by atoms with Gasteiger partial charge in [-0.05, 0) is 18.4 Å². The summed E-state index contributed by atoms with van der Waals surface area (Å²) in [5, 5.41) is 0.440. The molecule has 0 heterocycles. The van der Waals surface area contributed by atoms with E-state index in [1.807, 2.05) is 0 Å². The minimum absolute atomic E-state index is 0.276. The molecule has 3 heteroatoms. The molecule has 1 aliphatic carbocycles. The van der Waals surface area contributed by atoms with Gasteiger partial charge in [-0.3, -0.25) is 0 Å². The van der Waals surface area contributed by atoms with Crippen LogP contribution < -0.4 is 0 Å². The SMILES string of the molecule is Cl[SiH2]C1CCCC(Cl)C1. The van der Waals surface area contributed by atoms with Crippen LogP contribution in [-0.2, 0) is 0 Å². The van der Waals surface area contributed by atoms with Gasteiger partial charge in [0.1, 0.15) is 8.83 Å². The largest absolute Gasteiger partial charge is 0.176 e. The number of hydrogen-bond donors (Lipinski definition) is 0. The number of alkyl halides is 1. The third kappa shape index (κ3) is 2.48. The van der Waals surface area contributed by atoms with Crippen LogP contribution in [0.5, 0.6) is 0 Å². The highest BCUT2D eigenvalue weighted by Gasteiger charge is 2.19. The van der Waals surface area contributed by atoms with Gasteiger partial charge in [0.25, 0.3) is 0 Å². The fourth-order valence-corrected chi connectivity index (χ4v) is 3.80. The highest BCUT2D eigenvalue weighted by Crippen LogP contribution is 2.31. The highest BCUT2D eigenvalue weighted by molar-refractivity contribution is 6.94. The standard InChI is InChI=1S/C6H12Cl2Si/c7-5-2-1-3-6(4-5)9-8/h5-6H,1-4,9H2. The lowest BCUT2D eigenvalue weighted by molar-refractivity contribution is 0.510. The third-order valence-corrected chi connectivity index (χ3v) is 4.82. The summed E-state index contributed by atoms with van der Waals surface area (Å²) in [5.74, 6) is 0. The van der Waals surface area contributed by atoms with Gasteiger partial charge < -0.3 is 0 Å². The van der Waals surface area contributed by atoms with E-state index < -0.39 is 0 Å². The molecule has 0 bridgehead atoms. The lowest BCUT2D eigenvalue weighted by atomic mass is 10.00. The number of halogens is 2. The van der Waals surface area contributed by atoms with Crippen molar-refractivity contribution in [3.05, 3.63) is 0 Å². The van der Waals surface area contributed by atoms with E-state index in [-0.39, 0.29) is 8.83 Å². The van der Waals surface area contributed by atoms with E-state index in [1.165, 1.54) is 25.7 Å². The molecule has 0 aliphatic heterocycles. The van der Waals surface area contributed by atoms with E-state index in [2.05, 4.69) is 0 Å². The highest BCUT2D eigenvalue weighted by atomic mass is 35.6. The quantitative estimate of drug-likeness (QED) is 0.332. The second-order valence-electron chi connectivity index (χ2n) is 2.78. The summed E-state index contributed by atoms with van der Waals surface area (Å²) in [6.45, 7) is 0. The molecule has 0 radical (unpaired) electrons. The Morgan fingerprint density at radius 2 is 2.11 bits per heavy atom. The Hall–Kier alpha value is 0.797. The van der Waals surface area contributed by atoms with E-state index in [1.54, 1.807) is 0 Å². The zero-order chi connectivity index (χ0) is 6.69. The predicted octanol–water partition coefficient (Wildman–Crippen LogP) is 2.28. The molecular formula is C6H12Cl2Si. The van der Waals surface area contributed by atoms with Crippen molar-refractivity contribution in [2.75, 3.05) is 0 Å². The molecule has 0 spiro atoms. The Kier molecular flexibility index (Phi) is 3.37. The molecule has 0 saturated heterocycles. The summed E-state index contributed by atoms with van der Waals surface area (Å²) in [6.07, 6.45) is 5.05. The maximum absolute atomic E-state index is 5.95. The van der Waals surface area contributed by atoms with Crippen LogP contribution in [0.2, 0.25) is 5.54 Å². The maximum atomic E-state index is 5.95. The molecule has 0 aromatic carbocycles. The molecule has 0 amide bonds. The number of rotatable bonds is 1. The molecule has 1 saturated carbocycles. The van der Waals surface area contributed by atoms with Crippen molar-refractivity contribution in [1.29, 1.82) is 0 Å². The van der Waals surface area contributed by atoms with Gasteiger partial charge in [0.15, 0.2) is 0 Å². The molecule has 1 fully saturated rings. The van der Waals surface area contributed by atoms with Crippen LogP contribution in [0.1, 0.15) is 25.7 Å². The average Bonchev–Trinajstić information content (AvgIpc) is 1.88. The summed E-state index contributed by atoms with van der Waals surface area (Å²) >= 11 is 11.8. The Morgan fingerprint density at radius 3 is 2.56 bits per heavy atom. The lowest BCUT2D eigenvalue weighted by Crippen LogP contribution is -2.13. The van der Waals surface area contributed by atoms with Gasteiger partial charge in [-0.1, -0.05) is 12.8 Å². The summed E-state index contributed by atoms with van der Waals surface area (Å²) in [5.41, 5.74) is 0.836. The second-order valence-corrected chi connectivity index (χ2v) is 5.79. The van der Waals surface area contributed by atoms with Gasteiger partial charge in [-0.15, -0.1) is 11.6 Å². The van der Waals surface area contributed by atoms with Gasteiger partial charge in [0, 0.05) is 5.38 Å². The van der Waals surface area contributed by atoms with Gasteiger partial charge in [-0.2, -0.15) is 11.1 Å². The van der Waals surface area contributed by atoms with Crippen LogP contribution >= 0.6 is 22.7 Å². The van der Waals surface area contributed by atoms with Crippen LogP contribution in [0.15, 0.2) is 0 Å². The molecule has 0 aromatic heterocycles.